The quantitative estimate of drug-likeness (QED) is 0.169. The van der Waals surface area contributed by atoms with Crippen LogP contribution in [0.4, 0.5) is 11.5 Å². The molecule has 2 aliphatic carbocycles. The molecule has 11 heteroatoms. The molecule has 51 heavy (non-hydrogen) atoms. The first kappa shape index (κ1) is 33.3. The van der Waals surface area contributed by atoms with Gasteiger partial charge in [0.1, 0.15) is 5.82 Å². The first-order valence-electron chi connectivity index (χ1n) is 17.7. The Morgan fingerprint density at radius 3 is 2.61 bits per heavy atom. The molecule has 1 aliphatic heterocycles. The second-order valence-electron chi connectivity index (χ2n) is 14.7. The third-order valence-corrected chi connectivity index (χ3v) is 12.3. The number of nitrogens with zero attached hydrogens (tertiary/aromatic N) is 5. The van der Waals surface area contributed by atoms with Crippen LogP contribution in [0.1, 0.15) is 55.2 Å². The Morgan fingerprint density at radius 2 is 1.84 bits per heavy atom. The molecule has 3 N–H and O–H groups in total. The summed E-state index contributed by atoms with van der Waals surface area (Å²) in [6.07, 6.45) is 10.3. The molecule has 1 amide bonds. The van der Waals surface area contributed by atoms with E-state index in [0.717, 1.165) is 109 Å². The van der Waals surface area contributed by atoms with Gasteiger partial charge in [-0.15, -0.1) is 0 Å². The van der Waals surface area contributed by atoms with Crippen molar-refractivity contribution in [2.24, 2.45) is 23.6 Å². The van der Waals surface area contributed by atoms with Gasteiger partial charge in [0.25, 0.3) is 5.56 Å². The summed E-state index contributed by atoms with van der Waals surface area (Å²) >= 11 is 7.27. The molecule has 0 radical (unpaired) electrons. The van der Waals surface area contributed by atoms with E-state index in [1.54, 1.807) is 32.6 Å². The van der Waals surface area contributed by atoms with Crippen molar-refractivity contribution >= 4 is 39.8 Å². The van der Waals surface area contributed by atoms with E-state index in [1.165, 1.54) is 10.2 Å². The zero-order chi connectivity index (χ0) is 35.5. The van der Waals surface area contributed by atoms with E-state index in [-0.39, 0.29) is 22.3 Å². The second kappa shape index (κ2) is 12.8. The van der Waals surface area contributed by atoms with Crippen molar-refractivity contribution in [1.82, 2.24) is 24.6 Å². The maximum Gasteiger partial charge on any atom is 0.278 e. The van der Waals surface area contributed by atoms with Crippen LogP contribution in [-0.2, 0) is 24.8 Å². The molecule has 2 aromatic carbocycles. The molecule has 0 atom stereocenters. The minimum Gasteiger partial charge on any atom is -0.481 e. The number of anilines is 2. The van der Waals surface area contributed by atoms with E-state index in [9.17, 15) is 9.59 Å². The molecule has 3 aliphatic rings. The lowest BCUT2D eigenvalue weighted by molar-refractivity contribution is -0.127. The molecule has 8 rings (SSSR count). The molecule has 5 aromatic rings. The van der Waals surface area contributed by atoms with Crippen molar-refractivity contribution in [2.75, 3.05) is 25.5 Å². The highest BCUT2D eigenvalue weighted by Crippen LogP contribution is 2.63. The summed E-state index contributed by atoms with van der Waals surface area (Å²) in [5, 5.41) is 9.35. The van der Waals surface area contributed by atoms with Gasteiger partial charge in [-0.2, -0.15) is 5.10 Å². The van der Waals surface area contributed by atoms with Gasteiger partial charge in [-0.05, 0) is 98.7 Å². The Morgan fingerprint density at radius 1 is 1.08 bits per heavy atom. The molecule has 2 fully saturated rings. The number of aryl methyl sites for hydroxylation is 1. The van der Waals surface area contributed by atoms with Gasteiger partial charge in [-0.3, -0.25) is 14.5 Å². The lowest BCUT2D eigenvalue weighted by Crippen LogP contribution is -2.34. The SMILES string of the molecule is COc1nc(-c2cccc(-c3cccc(Nc4nccc5cnn(C)c(=O)c45)c3C)c2Cl)cc2c1CCN(CCC13CCC(C(N)=O)(CC1)C3)C2. The third-order valence-electron chi connectivity index (χ3n) is 11.9. The van der Waals surface area contributed by atoms with Gasteiger partial charge in [-0.1, -0.05) is 41.9 Å². The molecule has 0 spiro atoms. The van der Waals surface area contributed by atoms with Gasteiger partial charge in [0, 0.05) is 59.5 Å². The first-order chi connectivity index (χ1) is 24.6. The number of halogens is 1. The van der Waals surface area contributed by atoms with Crippen molar-refractivity contribution in [2.45, 2.75) is 58.4 Å². The highest BCUT2D eigenvalue weighted by molar-refractivity contribution is 6.36. The van der Waals surface area contributed by atoms with Crippen LogP contribution in [0, 0.1) is 17.8 Å². The number of primary amides is 1. The summed E-state index contributed by atoms with van der Waals surface area (Å²) < 4.78 is 7.17. The van der Waals surface area contributed by atoms with E-state index in [0.29, 0.717) is 22.1 Å². The van der Waals surface area contributed by atoms with E-state index in [2.05, 4.69) is 26.4 Å². The zero-order valence-electron chi connectivity index (χ0n) is 29.3. The predicted octanol–water partition coefficient (Wildman–Crippen LogP) is 6.96. The van der Waals surface area contributed by atoms with Crippen molar-refractivity contribution < 1.29 is 9.53 Å². The first-order valence-corrected chi connectivity index (χ1v) is 18.0. The number of carbonyl (C=O) groups excluding carboxylic acids is 1. The summed E-state index contributed by atoms with van der Waals surface area (Å²) in [5.41, 5.74) is 13.2. The Balaban J connectivity index is 1.07. The van der Waals surface area contributed by atoms with Crippen molar-refractivity contribution in [3.05, 3.63) is 93.0 Å². The van der Waals surface area contributed by atoms with Gasteiger partial charge < -0.3 is 15.8 Å². The van der Waals surface area contributed by atoms with Gasteiger partial charge in [-0.25, -0.2) is 14.6 Å². The number of methoxy groups -OCH3 is 1. The highest BCUT2D eigenvalue weighted by atomic mass is 35.5. The average molecular weight is 704 g/mol. The Hall–Kier alpha value is -4.80. The van der Waals surface area contributed by atoms with Crippen LogP contribution < -0.4 is 21.3 Å². The van der Waals surface area contributed by atoms with Gasteiger partial charge in [0.2, 0.25) is 11.8 Å². The van der Waals surface area contributed by atoms with Gasteiger partial charge in [0.05, 0.1) is 29.4 Å². The monoisotopic (exact) mass is 703 g/mol. The summed E-state index contributed by atoms with van der Waals surface area (Å²) in [5.74, 6) is 1.01. The molecule has 262 valence electrons. The molecule has 0 saturated heterocycles. The van der Waals surface area contributed by atoms with Crippen molar-refractivity contribution in [3.63, 3.8) is 0 Å². The van der Waals surface area contributed by atoms with Crippen LogP contribution in [0.15, 0.2) is 65.7 Å². The number of nitrogens with one attached hydrogen (secondary N) is 1. The van der Waals surface area contributed by atoms with Crippen LogP contribution in [0.5, 0.6) is 5.88 Å². The number of aromatic nitrogens is 4. The van der Waals surface area contributed by atoms with E-state index >= 15 is 0 Å². The standard InChI is InChI=1S/C40H42ClN7O3/c1-24-27(6-5-9-31(24)45-35-33-25(10-17-43-35)21-44-47(2)37(33)49)29-7-4-8-30(34(29)41)32-20-26-22-48(18-11-28(26)36(46-32)51-3)19-16-39-12-14-40(23-39,15-13-39)38(42)50/h4-10,17,20-21H,11-16,18-19,22-23H2,1-3H3,(H2,42,50)(H,43,45). The predicted molar refractivity (Wildman–Crippen MR) is 200 cm³/mol. The highest BCUT2D eigenvalue weighted by Gasteiger charge is 2.56. The van der Waals surface area contributed by atoms with Crippen LogP contribution >= 0.6 is 11.6 Å². The minimum atomic E-state index is -0.265. The summed E-state index contributed by atoms with van der Waals surface area (Å²) in [6.45, 7) is 4.78. The van der Waals surface area contributed by atoms with Crippen molar-refractivity contribution in [1.29, 1.82) is 0 Å². The Bertz CT molecular complexity index is 2260. The number of fused-ring (bicyclic) bond motifs is 4. The maximum atomic E-state index is 13.0. The zero-order valence-corrected chi connectivity index (χ0v) is 30.0. The molecule has 2 saturated carbocycles. The third kappa shape index (κ3) is 5.74. The van der Waals surface area contributed by atoms with Crippen molar-refractivity contribution in [3.8, 4) is 28.3 Å². The summed E-state index contributed by atoms with van der Waals surface area (Å²) in [6, 6.07) is 16.0. The molecule has 4 heterocycles. The molecular formula is C40H42ClN7O3. The lowest BCUT2D eigenvalue weighted by atomic mass is 9.80. The minimum absolute atomic E-state index is 0.104. The van der Waals surface area contributed by atoms with Crippen LogP contribution in [0.25, 0.3) is 33.2 Å². The number of hydrogen-bond acceptors (Lipinski definition) is 8. The lowest BCUT2D eigenvalue weighted by Gasteiger charge is -2.33. The van der Waals surface area contributed by atoms with Crippen LogP contribution in [-0.4, -0.2) is 50.8 Å². The fraction of sp³-hybridized carbons (Fsp3) is 0.375. The molecular weight excluding hydrogens is 662 g/mol. The number of nitrogens with two attached hydrogens (primary N) is 1. The Labute approximate surface area is 302 Å². The summed E-state index contributed by atoms with van der Waals surface area (Å²) in [7, 11) is 3.31. The van der Waals surface area contributed by atoms with Crippen LogP contribution in [0.3, 0.4) is 0 Å². The molecule has 3 aromatic heterocycles. The largest absolute Gasteiger partial charge is 0.481 e. The number of hydrogen-bond donors (Lipinski definition) is 2. The number of rotatable bonds is 9. The second-order valence-corrected chi connectivity index (χ2v) is 15.1. The number of amides is 1. The topological polar surface area (TPSA) is 128 Å². The fourth-order valence-corrected chi connectivity index (χ4v) is 9.21. The number of ether oxygens (including phenoxy) is 1. The average Bonchev–Trinajstić information content (AvgIpc) is 3.72. The van der Waals surface area contributed by atoms with Gasteiger partial charge >= 0.3 is 0 Å². The van der Waals surface area contributed by atoms with E-state index in [1.807, 2.05) is 43.3 Å². The summed E-state index contributed by atoms with van der Waals surface area (Å²) in [4.78, 5) is 37.2. The van der Waals surface area contributed by atoms with E-state index < -0.39 is 0 Å². The smallest absolute Gasteiger partial charge is 0.278 e. The van der Waals surface area contributed by atoms with E-state index in [4.69, 9.17) is 27.1 Å². The van der Waals surface area contributed by atoms with Crippen LogP contribution in [0.2, 0.25) is 5.02 Å². The fourth-order valence-electron chi connectivity index (χ4n) is 8.89. The number of carbonyl (C=O) groups is 1. The number of pyridine rings is 2. The molecule has 10 nitrogen and oxygen atoms in total. The molecule has 2 bridgehead atoms. The molecule has 0 unspecified atom stereocenters. The number of benzene rings is 2. The maximum absolute atomic E-state index is 13.0. The van der Waals surface area contributed by atoms with Gasteiger partial charge in [0.15, 0.2) is 0 Å². The Kier molecular flexibility index (Phi) is 8.34. The normalized spacial score (nSPS) is 21.2.